The lowest BCUT2D eigenvalue weighted by atomic mass is 9.94. The summed E-state index contributed by atoms with van der Waals surface area (Å²) < 4.78 is 6.09. The Morgan fingerprint density at radius 3 is 2.29 bits per heavy atom. The van der Waals surface area contributed by atoms with Crippen LogP contribution in [0.15, 0.2) is 65.5 Å². The molecular weight excluding hydrogens is 390 g/mol. The Labute approximate surface area is 180 Å². The molecule has 2 aromatic carbocycles. The maximum atomic E-state index is 13.8. The Morgan fingerprint density at radius 2 is 1.61 bits per heavy atom. The SMILES string of the molecule is O=C(c1c(-c2ccccc2)c(-c2ccccc2)n[nH]c1=O)N1CCOC2(CCCC2)C1. The molecule has 0 radical (unpaired) electrons. The van der Waals surface area contributed by atoms with E-state index in [0.29, 0.717) is 31.0 Å². The highest BCUT2D eigenvalue weighted by Gasteiger charge is 2.41. The number of carbonyl (C=O) groups excluding carboxylic acids is 1. The third-order valence-electron chi connectivity index (χ3n) is 6.36. The van der Waals surface area contributed by atoms with E-state index in [1.807, 2.05) is 60.7 Å². The topological polar surface area (TPSA) is 75.3 Å². The first-order chi connectivity index (χ1) is 15.2. The summed E-state index contributed by atoms with van der Waals surface area (Å²) in [6.45, 7) is 1.51. The molecule has 3 aromatic rings. The van der Waals surface area contributed by atoms with Crippen LogP contribution in [0.2, 0.25) is 0 Å². The fraction of sp³-hybridized carbons (Fsp3) is 0.320. The summed E-state index contributed by atoms with van der Waals surface area (Å²) in [7, 11) is 0. The van der Waals surface area contributed by atoms with Gasteiger partial charge in [0.05, 0.1) is 24.4 Å². The molecule has 2 heterocycles. The molecule has 1 aliphatic carbocycles. The molecule has 1 spiro atoms. The van der Waals surface area contributed by atoms with Gasteiger partial charge in [0.15, 0.2) is 0 Å². The summed E-state index contributed by atoms with van der Waals surface area (Å²) in [4.78, 5) is 28.6. The van der Waals surface area contributed by atoms with Gasteiger partial charge in [-0.05, 0) is 18.4 Å². The van der Waals surface area contributed by atoms with Gasteiger partial charge in [0.2, 0.25) is 0 Å². The van der Waals surface area contributed by atoms with Crippen LogP contribution in [0, 0.1) is 0 Å². The third-order valence-corrected chi connectivity index (χ3v) is 6.36. The highest BCUT2D eigenvalue weighted by atomic mass is 16.5. The molecule has 6 nitrogen and oxygen atoms in total. The number of carbonyl (C=O) groups is 1. The first kappa shape index (κ1) is 19.7. The summed E-state index contributed by atoms with van der Waals surface area (Å²) in [6.07, 6.45) is 4.16. The van der Waals surface area contributed by atoms with Crippen molar-refractivity contribution in [2.24, 2.45) is 0 Å². The standard InChI is InChI=1S/C25H25N3O3/c29-23-21(24(30)28-15-16-31-25(17-28)13-7-8-14-25)20(18-9-3-1-4-10-18)22(26-27-23)19-11-5-2-6-12-19/h1-6,9-12H,7-8,13-17H2,(H,27,29). The van der Waals surface area contributed by atoms with E-state index in [1.165, 1.54) is 0 Å². The maximum absolute atomic E-state index is 13.8. The summed E-state index contributed by atoms with van der Waals surface area (Å²) in [5, 5.41) is 6.92. The van der Waals surface area contributed by atoms with Crippen molar-refractivity contribution in [1.82, 2.24) is 15.1 Å². The predicted octanol–water partition coefficient (Wildman–Crippen LogP) is 3.89. The molecule has 1 saturated heterocycles. The summed E-state index contributed by atoms with van der Waals surface area (Å²) >= 11 is 0. The van der Waals surface area contributed by atoms with Crippen LogP contribution in [0.5, 0.6) is 0 Å². The number of amides is 1. The first-order valence-electron chi connectivity index (χ1n) is 10.8. The number of hydrogen-bond acceptors (Lipinski definition) is 4. The van der Waals surface area contributed by atoms with Crippen LogP contribution in [0.25, 0.3) is 22.4 Å². The van der Waals surface area contributed by atoms with E-state index >= 15 is 0 Å². The zero-order valence-corrected chi connectivity index (χ0v) is 17.3. The molecule has 5 rings (SSSR count). The minimum absolute atomic E-state index is 0.148. The normalized spacial score (nSPS) is 17.7. The summed E-state index contributed by atoms with van der Waals surface area (Å²) in [5.41, 5.74) is 2.24. The van der Waals surface area contributed by atoms with Gasteiger partial charge in [0.25, 0.3) is 11.5 Å². The van der Waals surface area contributed by atoms with Gasteiger partial charge in [-0.25, -0.2) is 5.10 Å². The molecule has 1 saturated carbocycles. The lowest BCUT2D eigenvalue weighted by molar-refractivity contribution is -0.0948. The number of H-pyrrole nitrogens is 1. The quantitative estimate of drug-likeness (QED) is 0.704. The third kappa shape index (κ3) is 3.68. The Hall–Kier alpha value is -3.25. The average Bonchev–Trinajstić information content (AvgIpc) is 3.27. The molecule has 1 N–H and O–H groups in total. The minimum Gasteiger partial charge on any atom is -0.371 e. The van der Waals surface area contributed by atoms with E-state index in [-0.39, 0.29) is 17.1 Å². The number of ether oxygens (including phenoxy) is 1. The van der Waals surface area contributed by atoms with Crippen molar-refractivity contribution in [2.45, 2.75) is 31.3 Å². The van der Waals surface area contributed by atoms with Crippen LogP contribution in [0.3, 0.4) is 0 Å². The molecule has 0 unspecified atom stereocenters. The maximum Gasteiger partial charge on any atom is 0.277 e. The Bertz CT molecular complexity index is 1140. The Morgan fingerprint density at radius 1 is 0.968 bits per heavy atom. The second kappa shape index (κ2) is 8.12. The van der Waals surface area contributed by atoms with Crippen molar-refractivity contribution in [3.05, 3.63) is 76.6 Å². The summed E-state index contributed by atoms with van der Waals surface area (Å²) in [6, 6.07) is 19.2. The molecular formula is C25H25N3O3. The number of aromatic nitrogens is 2. The average molecular weight is 415 g/mol. The lowest BCUT2D eigenvalue weighted by Gasteiger charge is -2.40. The zero-order chi connectivity index (χ0) is 21.3. The number of hydrogen-bond donors (Lipinski definition) is 1. The molecule has 1 aromatic heterocycles. The van der Waals surface area contributed by atoms with Gasteiger partial charge < -0.3 is 9.64 Å². The number of nitrogens with one attached hydrogen (secondary N) is 1. The van der Waals surface area contributed by atoms with Crippen LogP contribution < -0.4 is 5.56 Å². The highest BCUT2D eigenvalue weighted by molar-refractivity contribution is 6.03. The van der Waals surface area contributed by atoms with Gasteiger partial charge in [-0.2, -0.15) is 5.10 Å². The van der Waals surface area contributed by atoms with E-state index in [4.69, 9.17) is 4.74 Å². The molecule has 6 heteroatoms. The number of benzene rings is 2. The molecule has 0 atom stereocenters. The van der Waals surface area contributed by atoms with Gasteiger partial charge >= 0.3 is 0 Å². The van der Waals surface area contributed by atoms with Crippen LogP contribution >= 0.6 is 0 Å². The van der Waals surface area contributed by atoms with Gasteiger partial charge in [0.1, 0.15) is 5.56 Å². The first-order valence-corrected chi connectivity index (χ1v) is 10.8. The van der Waals surface area contributed by atoms with Crippen LogP contribution in [-0.2, 0) is 4.74 Å². The van der Waals surface area contributed by atoms with E-state index in [2.05, 4.69) is 10.2 Å². The van der Waals surface area contributed by atoms with Crippen molar-refractivity contribution in [3.63, 3.8) is 0 Å². The largest absolute Gasteiger partial charge is 0.371 e. The predicted molar refractivity (Wildman–Crippen MR) is 119 cm³/mol. The molecule has 0 bridgehead atoms. The van der Waals surface area contributed by atoms with E-state index < -0.39 is 5.56 Å². The van der Waals surface area contributed by atoms with Crippen LogP contribution in [-0.4, -0.2) is 46.3 Å². The summed E-state index contributed by atoms with van der Waals surface area (Å²) in [5.74, 6) is -0.255. The number of aromatic amines is 1. The fourth-order valence-electron chi connectivity index (χ4n) is 4.84. The van der Waals surface area contributed by atoms with E-state index in [1.54, 1.807) is 4.90 Å². The Kier molecular flexibility index (Phi) is 5.16. The zero-order valence-electron chi connectivity index (χ0n) is 17.3. The van der Waals surface area contributed by atoms with Gasteiger partial charge in [0, 0.05) is 17.7 Å². The second-order valence-corrected chi connectivity index (χ2v) is 8.35. The molecule has 2 aliphatic rings. The smallest absolute Gasteiger partial charge is 0.277 e. The number of nitrogens with zero attached hydrogens (tertiary/aromatic N) is 2. The van der Waals surface area contributed by atoms with Crippen molar-refractivity contribution in [2.75, 3.05) is 19.7 Å². The number of rotatable bonds is 3. The van der Waals surface area contributed by atoms with Crippen molar-refractivity contribution >= 4 is 5.91 Å². The lowest BCUT2D eigenvalue weighted by Crippen LogP contribution is -2.53. The van der Waals surface area contributed by atoms with Gasteiger partial charge in [-0.3, -0.25) is 9.59 Å². The van der Waals surface area contributed by atoms with E-state index in [9.17, 15) is 9.59 Å². The molecule has 1 aliphatic heterocycles. The highest BCUT2D eigenvalue weighted by Crippen LogP contribution is 2.37. The van der Waals surface area contributed by atoms with Crippen molar-refractivity contribution in [1.29, 1.82) is 0 Å². The van der Waals surface area contributed by atoms with Crippen LogP contribution in [0.1, 0.15) is 36.0 Å². The van der Waals surface area contributed by atoms with Gasteiger partial charge in [-0.15, -0.1) is 0 Å². The molecule has 1 amide bonds. The molecule has 2 fully saturated rings. The monoisotopic (exact) mass is 415 g/mol. The molecule has 158 valence electrons. The van der Waals surface area contributed by atoms with E-state index in [0.717, 1.165) is 36.8 Å². The fourth-order valence-corrected chi connectivity index (χ4v) is 4.84. The minimum atomic E-state index is -0.463. The van der Waals surface area contributed by atoms with Gasteiger partial charge in [-0.1, -0.05) is 73.5 Å². The second-order valence-electron chi connectivity index (χ2n) is 8.35. The Balaban J connectivity index is 1.64. The van der Waals surface area contributed by atoms with Crippen molar-refractivity contribution in [3.8, 4) is 22.4 Å². The number of morpholine rings is 1. The van der Waals surface area contributed by atoms with Crippen molar-refractivity contribution < 1.29 is 9.53 Å². The van der Waals surface area contributed by atoms with Crippen LogP contribution in [0.4, 0.5) is 0 Å². The molecule has 31 heavy (non-hydrogen) atoms.